The van der Waals surface area contributed by atoms with Gasteiger partial charge in [-0.2, -0.15) is 0 Å². The molecule has 2 aromatic rings. The number of fused-ring (bicyclic) bond motifs is 1. The summed E-state index contributed by atoms with van der Waals surface area (Å²) in [6, 6.07) is 13.5. The number of para-hydroxylation sites is 2. The Labute approximate surface area is 163 Å². The average molecular weight is 382 g/mol. The number of rotatable bonds is 7. The number of nitrogens with one attached hydrogen (secondary N) is 2. The second kappa shape index (κ2) is 9.03. The quantitative estimate of drug-likeness (QED) is 0.566. The molecule has 1 atom stereocenters. The van der Waals surface area contributed by atoms with Crippen LogP contribution in [0.5, 0.6) is 5.75 Å². The lowest BCUT2D eigenvalue weighted by molar-refractivity contribution is -0.128. The molecule has 2 amide bonds. The van der Waals surface area contributed by atoms with Crippen LogP contribution in [-0.4, -0.2) is 30.5 Å². The van der Waals surface area contributed by atoms with E-state index >= 15 is 0 Å². The summed E-state index contributed by atoms with van der Waals surface area (Å²) in [6.07, 6.45) is 0.747. The first-order chi connectivity index (χ1) is 13.6. The highest BCUT2D eigenvalue weighted by atomic mass is 16.5. The Morgan fingerprint density at radius 3 is 2.64 bits per heavy atom. The number of ether oxygens (including phenoxy) is 2. The number of anilines is 2. The fourth-order valence-electron chi connectivity index (χ4n) is 2.69. The Kier molecular flexibility index (Phi) is 6.26. The molecular weight excluding hydrogens is 360 g/mol. The van der Waals surface area contributed by atoms with E-state index in [1.54, 1.807) is 48.5 Å². The van der Waals surface area contributed by atoms with Crippen molar-refractivity contribution in [2.45, 2.75) is 32.3 Å². The van der Waals surface area contributed by atoms with Gasteiger partial charge in [0.1, 0.15) is 5.75 Å². The van der Waals surface area contributed by atoms with Crippen molar-refractivity contribution >= 4 is 29.2 Å². The lowest BCUT2D eigenvalue weighted by Crippen LogP contribution is -2.39. The van der Waals surface area contributed by atoms with Crippen LogP contribution in [0.4, 0.5) is 11.4 Å². The van der Waals surface area contributed by atoms with Crippen molar-refractivity contribution in [3.05, 3.63) is 54.1 Å². The summed E-state index contributed by atoms with van der Waals surface area (Å²) in [5, 5.41) is 5.43. The minimum atomic E-state index is -0.900. The van der Waals surface area contributed by atoms with Crippen molar-refractivity contribution in [3.8, 4) is 5.75 Å². The van der Waals surface area contributed by atoms with Crippen molar-refractivity contribution in [2.24, 2.45) is 0 Å². The zero-order chi connectivity index (χ0) is 19.9. The van der Waals surface area contributed by atoms with Crippen molar-refractivity contribution in [2.75, 3.05) is 17.2 Å². The normalized spacial score (nSPS) is 15.0. The van der Waals surface area contributed by atoms with Crippen molar-refractivity contribution < 1.29 is 23.9 Å². The molecule has 146 valence electrons. The number of benzene rings is 2. The van der Waals surface area contributed by atoms with Crippen LogP contribution in [0.1, 0.15) is 36.5 Å². The van der Waals surface area contributed by atoms with Gasteiger partial charge in [0.15, 0.2) is 6.10 Å². The monoisotopic (exact) mass is 382 g/mol. The van der Waals surface area contributed by atoms with E-state index in [1.807, 2.05) is 6.92 Å². The molecule has 0 spiro atoms. The maximum atomic E-state index is 12.3. The second-order valence-electron chi connectivity index (χ2n) is 6.41. The van der Waals surface area contributed by atoms with E-state index in [0.29, 0.717) is 29.3 Å². The number of carbonyl (C=O) groups is 3. The van der Waals surface area contributed by atoms with Gasteiger partial charge in [-0.3, -0.25) is 9.59 Å². The van der Waals surface area contributed by atoms with Gasteiger partial charge < -0.3 is 20.1 Å². The predicted octanol–water partition coefficient (Wildman–Crippen LogP) is 3.37. The van der Waals surface area contributed by atoms with Gasteiger partial charge in [0.2, 0.25) is 5.91 Å². The zero-order valence-corrected chi connectivity index (χ0v) is 15.6. The van der Waals surface area contributed by atoms with Gasteiger partial charge in [-0.05, 0) is 42.8 Å². The zero-order valence-electron chi connectivity index (χ0n) is 15.6. The van der Waals surface area contributed by atoms with Gasteiger partial charge in [-0.1, -0.05) is 25.5 Å². The second-order valence-corrected chi connectivity index (χ2v) is 6.41. The first kappa shape index (κ1) is 19.4. The maximum Gasteiger partial charge on any atom is 0.338 e. The van der Waals surface area contributed by atoms with Gasteiger partial charge in [0.05, 0.1) is 24.3 Å². The highest BCUT2D eigenvalue weighted by molar-refractivity contribution is 6.02. The van der Waals surface area contributed by atoms with Crippen molar-refractivity contribution in [3.63, 3.8) is 0 Å². The first-order valence-electron chi connectivity index (χ1n) is 9.20. The number of esters is 1. The minimum absolute atomic E-state index is 0.124. The summed E-state index contributed by atoms with van der Waals surface area (Å²) < 4.78 is 10.8. The number of unbranched alkanes of at least 4 members (excludes halogenated alkanes) is 1. The smallest absolute Gasteiger partial charge is 0.338 e. The summed E-state index contributed by atoms with van der Waals surface area (Å²) >= 11 is 0. The fourth-order valence-corrected chi connectivity index (χ4v) is 2.69. The van der Waals surface area contributed by atoms with E-state index < -0.39 is 12.1 Å². The SMILES string of the molecule is CCCCOC(=O)c1ccc(NC(=O)C[C@H]2Oc3ccccc3NC2=O)cc1. The number of hydrogen-bond acceptors (Lipinski definition) is 5. The third-order valence-electron chi connectivity index (χ3n) is 4.21. The van der Waals surface area contributed by atoms with Crippen LogP contribution in [-0.2, 0) is 14.3 Å². The van der Waals surface area contributed by atoms with E-state index in [-0.39, 0.29) is 18.2 Å². The molecular formula is C21H22N2O5. The summed E-state index contributed by atoms with van der Waals surface area (Å²) in [7, 11) is 0. The molecule has 1 heterocycles. The molecule has 1 aliphatic rings. The molecule has 1 aliphatic heterocycles. The lowest BCUT2D eigenvalue weighted by atomic mass is 10.1. The van der Waals surface area contributed by atoms with Crippen LogP contribution < -0.4 is 15.4 Å². The molecule has 2 aromatic carbocycles. The highest BCUT2D eigenvalue weighted by Gasteiger charge is 2.29. The van der Waals surface area contributed by atoms with E-state index in [2.05, 4.69) is 10.6 Å². The maximum absolute atomic E-state index is 12.3. The van der Waals surface area contributed by atoms with E-state index in [9.17, 15) is 14.4 Å². The molecule has 7 nitrogen and oxygen atoms in total. The Hall–Kier alpha value is -3.35. The Balaban J connectivity index is 1.54. The molecule has 3 rings (SSSR count). The van der Waals surface area contributed by atoms with E-state index in [1.165, 1.54) is 0 Å². The van der Waals surface area contributed by atoms with Gasteiger partial charge in [-0.15, -0.1) is 0 Å². The Bertz CT molecular complexity index is 863. The molecule has 28 heavy (non-hydrogen) atoms. The lowest BCUT2D eigenvalue weighted by Gasteiger charge is -2.25. The third-order valence-corrected chi connectivity index (χ3v) is 4.21. The molecule has 0 radical (unpaired) electrons. The number of hydrogen-bond donors (Lipinski definition) is 2. The standard InChI is InChI=1S/C21H22N2O5/c1-2-3-12-27-21(26)14-8-10-15(11-9-14)22-19(24)13-18-20(25)23-16-6-4-5-7-17(16)28-18/h4-11,18H,2-3,12-13H2,1H3,(H,22,24)(H,23,25)/t18-/m1/s1. The Morgan fingerprint density at radius 1 is 1.14 bits per heavy atom. The summed E-state index contributed by atoms with van der Waals surface area (Å²) in [5.41, 5.74) is 1.53. The third kappa shape index (κ3) is 4.88. The molecule has 0 aromatic heterocycles. The van der Waals surface area contributed by atoms with E-state index in [0.717, 1.165) is 12.8 Å². The number of amides is 2. The van der Waals surface area contributed by atoms with Crippen molar-refractivity contribution in [1.29, 1.82) is 0 Å². The summed E-state index contributed by atoms with van der Waals surface area (Å²) in [6.45, 7) is 2.41. The van der Waals surface area contributed by atoms with Crippen LogP contribution in [0.25, 0.3) is 0 Å². The summed E-state index contributed by atoms with van der Waals surface area (Å²) in [5.74, 6) is -0.583. The van der Waals surface area contributed by atoms with Crippen LogP contribution in [0, 0.1) is 0 Å². The highest BCUT2D eigenvalue weighted by Crippen LogP contribution is 2.29. The van der Waals surface area contributed by atoms with Crippen LogP contribution >= 0.6 is 0 Å². The van der Waals surface area contributed by atoms with Gasteiger partial charge in [0.25, 0.3) is 5.91 Å². The van der Waals surface area contributed by atoms with Gasteiger partial charge in [0, 0.05) is 5.69 Å². The summed E-state index contributed by atoms with van der Waals surface area (Å²) in [4.78, 5) is 36.3. The Morgan fingerprint density at radius 2 is 1.89 bits per heavy atom. The molecule has 0 saturated heterocycles. The van der Waals surface area contributed by atoms with Crippen LogP contribution in [0.2, 0.25) is 0 Å². The largest absolute Gasteiger partial charge is 0.478 e. The molecule has 0 bridgehead atoms. The molecule has 7 heteroatoms. The topological polar surface area (TPSA) is 93.7 Å². The molecule has 2 N–H and O–H groups in total. The van der Waals surface area contributed by atoms with E-state index in [4.69, 9.17) is 9.47 Å². The number of carbonyl (C=O) groups excluding carboxylic acids is 3. The van der Waals surface area contributed by atoms with Gasteiger partial charge in [-0.25, -0.2) is 4.79 Å². The van der Waals surface area contributed by atoms with Crippen molar-refractivity contribution in [1.82, 2.24) is 0 Å². The average Bonchev–Trinajstić information content (AvgIpc) is 2.69. The fraction of sp³-hybridized carbons (Fsp3) is 0.286. The minimum Gasteiger partial charge on any atom is -0.478 e. The van der Waals surface area contributed by atoms with Crippen LogP contribution in [0.3, 0.4) is 0 Å². The molecule has 0 saturated carbocycles. The molecule has 0 unspecified atom stereocenters. The van der Waals surface area contributed by atoms with Crippen LogP contribution in [0.15, 0.2) is 48.5 Å². The van der Waals surface area contributed by atoms with Gasteiger partial charge >= 0.3 is 5.97 Å². The molecule has 0 fully saturated rings. The predicted molar refractivity (Wildman–Crippen MR) is 104 cm³/mol. The first-order valence-corrected chi connectivity index (χ1v) is 9.20. The molecule has 0 aliphatic carbocycles.